The molecule has 1 saturated heterocycles. The second-order valence-electron chi connectivity index (χ2n) is 6.39. The number of morpholine rings is 1. The minimum atomic E-state index is -0.422. The van der Waals surface area contributed by atoms with Crippen LogP contribution in [0.15, 0.2) is 29.4 Å². The summed E-state index contributed by atoms with van der Waals surface area (Å²) in [4.78, 5) is 30.2. The molecular weight excluding hydrogens is 370 g/mol. The Bertz CT molecular complexity index is 863. The van der Waals surface area contributed by atoms with E-state index in [0.717, 1.165) is 5.56 Å². The highest BCUT2D eigenvalue weighted by Crippen LogP contribution is 2.41. The van der Waals surface area contributed by atoms with E-state index >= 15 is 0 Å². The quantitative estimate of drug-likeness (QED) is 0.564. The van der Waals surface area contributed by atoms with Crippen molar-refractivity contribution in [3.8, 4) is 0 Å². The molecule has 10 heteroatoms. The van der Waals surface area contributed by atoms with Crippen LogP contribution in [0.3, 0.4) is 0 Å². The zero-order valence-corrected chi connectivity index (χ0v) is 15.6. The highest BCUT2D eigenvalue weighted by Gasteiger charge is 2.43. The molecule has 2 atom stereocenters. The number of nitro benzene ring substituents is 1. The Morgan fingerprint density at radius 3 is 2.63 bits per heavy atom. The highest BCUT2D eigenvalue weighted by molar-refractivity contribution is 8.00. The second-order valence-corrected chi connectivity index (χ2v) is 7.50. The molecule has 0 N–H and O–H groups in total. The predicted molar refractivity (Wildman–Crippen MR) is 97.9 cm³/mol. The summed E-state index contributed by atoms with van der Waals surface area (Å²) in [5, 5.41) is 15.5. The summed E-state index contributed by atoms with van der Waals surface area (Å²) < 4.78 is 6.85. The standard InChI is InChI=1S/C17H19N5O4S/c1-2-13-18-17-21(19-13)16(23)15(27-17)14(20-7-9-26-10-8-20)11-3-5-12(6-4-11)22(24)25/h3-6,14-15H,2,7-10H2,1H3. The van der Waals surface area contributed by atoms with Gasteiger partial charge in [0, 0.05) is 31.6 Å². The van der Waals surface area contributed by atoms with Crippen molar-refractivity contribution < 1.29 is 14.5 Å². The van der Waals surface area contributed by atoms with Gasteiger partial charge in [0.15, 0.2) is 11.0 Å². The van der Waals surface area contributed by atoms with Crippen molar-refractivity contribution in [3.63, 3.8) is 0 Å². The van der Waals surface area contributed by atoms with Gasteiger partial charge in [-0.2, -0.15) is 4.68 Å². The average Bonchev–Trinajstić information content (AvgIpc) is 3.23. The zero-order chi connectivity index (χ0) is 19.0. The lowest BCUT2D eigenvalue weighted by molar-refractivity contribution is -0.384. The maximum absolute atomic E-state index is 13.0. The Hall–Kier alpha value is -2.30. The highest BCUT2D eigenvalue weighted by atomic mass is 32.2. The molecule has 0 radical (unpaired) electrons. The smallest absolute Gasteiger partial charge is 0.269 e. The summed E-state index contributed by atoms with van der Waals surface area (Å²) in [6.07, 6.45) is 0.674. The van der Waals surface area contributed by atoms with E-state index in [1.807, 2.05) is 6.92 Å². The van der Waals surface area contributed by atoms with E-state index in [1.54, 1.807) is 12.1 Å². The molecule has 0 bridgehead atoms. The van der Waals surface area contributed by atoms with Gasteiger partial charge in [-0.25, -0.2) is 4.98 Å². The lowest BCUT2D eigenvalue weighted by atomic mass is 10.00. The van der Waals surface area contributed by atoms with Crippen LogP contribution in [-0.4, -0.2) is 62.0 Å². The molecule has 2 aromatic rings. The Balaban J connectivity index is 1.67. The summed E-state index contributed by atoms with van der Waals surface area (Å²) in [7, 11) is 0. The molecule has 4 rings (SSSR count). The molecule has 2 unspecified atom stereocenters. The fraction of sp³-hybridized carbons (Fsp3) is 0.471. The van der Waals surface area contributed by atoms with Gasteiger partial charge in [0.05, 0.1) is 24.2 Å². The van der Waals surface area contributed by atoms with Crippen LogP contribution in [0.1, 0.15) is 29.1 Å². The number of carbonyl (C=O) groups is 1. The van der Waals surface area contributed by atoms with Gasteiger partial charge in [0.2, 0.25) is 0 Å². The van der Waals surface area contributed by atoms with Crippen LogP contribution in [0.5, 0.6) is 0 Å². The predicted octanol–water partition coefficient (Wildman–Crippen LogP) is 1.94. The number of benzene rings is 1. The molecule has 0 amide bonds. The number of rotatable bonds is 5. The Morgan fingerprint density at radius 2 is 2.04 bits per heavy atom. The van der Waals surface area contributed by atoms with E-state index in [0.29, 0.717) is 43.7 Å². The molecule has 2 aliphatic heterocycles. The summed E-state index contributed by atoms with van der Waals surface area (Å²) in [6.45, 7) is 4.53. The molecule has 1 aromatic carbocycles. The van der Waals surface area contributed by atoms with Crippen molar-refractivity contribution in [1.29, 1.82) is 0 Å². The van der Waals surface area contributed by atoms with Crippen molar-refractivity contribution in [2.24, 2.45) is 0 Å². The number of nitro groups is 1. The first-order chi connectivity index (χ1) is 13.1. The van der Waals surface area contributed by atoms with E-state index < -0.39 is 10.2 Å². The molecule has 3 heterocycles. The molecular formula is C17H19N5O4S. The number of thioether (sulfide) groups is 1. The summed E-state index contributed by atoms with van der Waals surface area (Å²) in [6, 6.07) is 6.22. The number of aryl methyl sites for hydroxylation is 1. The van der Waals surface area contributed by atoms with E-state index in [1.165, 1.54) is 28.6 Å². The van der Waals surface area contributed by atoms with Crippen LogP contribution in [0.25, 0.3) is 0 Å². The maximum atomic E-state index is 13.0. The number of aromatic nitrogens is 3. The van der Waals surface area contributed by atoms with Crippen LogP contribution in [0.4, 0.5) is 5.69 Å². The molecule has 1 fully saturated rings. The third-order valence-electron chi connectivity index (χ3n) is 4.79. The first kappa shape index (κ1) is 18.1. The molecule has 0 spiro atoms. The topological polar surface area (TPSA) is 103 Å². The lowest BCUT2D eigenvalue weighted by Gasteiger charge is -2.36. The molecule has 0 saturated carbocycles. The van der Waals surface area contributed by atoms with Crippen molar-refractivity contribution in [3.05, 3.63) is 45.8 Å². The number of carbonyl (C=O) groups excluding carboxylic acids is 1. The van der Waals surface area contributed by atoms with Crippen LogP contribution in [-0.2, 0) is 11.2 Å². The number of nitrogens with zero attached hydrogens (tertiary/aromatic N) is 5. The lowest BCUT2D eigenvalue weighted by Crippen LogP contribution is -2.44. The van der Waals surface area contributed by atoms with Crippen LogP contribution in [0.2, 0.25) is 0 Å². The van der Waals surface area contributed by atoms with Gasteiger partial charge in [-0.1, -0.05) is 30.8 Å². The third-order valence-corrected chi connectivity index (χ3v) is 5.98. The molecule has 0 aliphatic carbocycles. The van der Waals surface area contributed by atoms with Crippen LogP contribution < -0.4 is 0 Å². The van der Waals surface area contributed by atoms with Gasteiger partial charge in [0.25, 0.3) is 11.6 Å². The van der Waals surface area contributed by atoms with E-state index in [-0.39, 0.29) is 17.6 Å². The minimum Gasteiger partial charge on any atom is -0.379 e. The fourth-order valence-corrected chi connectivity index (χ4v) is 4.69. The Morgan fingerprint density at radius 1 is 1.33 bits per heavy atom. The van der Waals surface area contributed by atoms with Gasteiger partial charge in [-0.3, -0.25) is 19.8 Å². The van der Waals surface area contributed by atoms with Crippen molar-refractivity contribution in [1.82, 2.24) is 19.7 Å². The minimum absolute atomic E-state index is 0.0343. The molecule has 142 valence electrons. The Kier molecular flexibility index (Phi) is 4.94. The normalized spacial score (nSPS) is 21.2. The average molecular weight is 389 g/mol. The summed E-state index contributed by atoms with van der Waals surface area (Å²) in [5.41, 5.74) is 0.905. The zero-order valence-electron chi connectivity index (χ0n) is 14.8. The number of ether oxygens (including phenoxy) is 1. The first-order valence-corrected chi connectivity index (χ1v) is 9.69. The monoisotopic (exact) mass is 389 g/mol. The number of fused-ring (bicyclic) bond motifs is 1. The van der Waals surface area contributed by atoms with Crippen molar-refractivity contribution >= 4 is 23.4 Å². The summed E-state index contributed by atoms with van der Waals surface area (Å²) >= 11 is 1.41. The van der Waals surface area contributed by atoms with Gasteiger partial charge in [-0.15, -0.1) is 5.10 Å². The fourth-order valence-electron chi connectivity index (χ4n) is 3.42. The first-order valence-electron chi connectivity index (χ1n) is 8.81. The molecule has 27 heavy (non-hydrogen) atoms. The Labute approximate surface area is 159 Å². The van der Waals surface area contributed by atoms with E-state index in [2.05, 4.69) is 15.0 Å². The number of hydrogen-bond donors (Lipinski definition) is 0. The molecule has 2 aliphatic rings. The SMILES string of the molecule is CCc1nc2n(n1)C(=O)C(C(c1ccc([N+](=O)[O-])cc1)N1CCOCC1)S2. The van der Waals surface area contributed by atoms with Crippen molar-refractivity contribution in [2.45, 2.75) is 29.8 Å². The van der Waals surface area contributed by atoms with Gasteiger partial charge in [0.1, 0.15) is 5.25 Å². The van der Waals surface area contributed by atoms with Crippen molar-refractivity contribution in [2.75, 3.05) is 26.3 Å². The number of non-ortho nitro benzene ring substituents is 1. The second kappa shape index (κ2) is 7.37. The van der Waals surface area contributed by atoms with Gasteiger partial charge < -0.3 is 4.74 Å². The van der Waals surface area contributed by atoms with Gasteiger partial charge >= 0.3 is 0 Å². The third kappa shape index (κ3) is 3.35. The van der Waals surface area contributed by atoms with Crippen LogP contribution in [0, 0.1) is 10.1 Å². The largest absolute Gasteiger partial charge is 0.379 e. The van der Waals surface area contributed by atoms with Crippen LogP contribution >= 0.6 is 11.8 Å². The van der Waals surface area contributed by atoms with E-state index in [4.69, 9.17) is 4.74 Å². The maximum Gasteiger partial charge on any atom is 0.269 e. The number of hydrogen-bond acceptors (Lipinski definition) is 8. The van der Waals surface area contributed by atoms with E-state index in [9.17, 15) is 14.9 Å². The molecule has 9 nitrogen and oxygen atoms in total. The molecule has 1 aromatic heterocycles. The van der Waals surface area contributed by atoms with Gasteiger partial charge in [-0.05, 0) is 5.56 Å². The summed E-state index contributed by atoms with van der Waals surface area (Å²) in [5.74, 6) is 0.555.